The number of benzene rings is 2. The third kappa shape index (κ3) is 2.39. The van der Waals surface area contributed by atoms with E-state index in [0.717, 1.165) is 18.1 Å². The molecule has 0 spiro atoms. The summed E-state index contributed by atoms with van der Waals surface area (Å²) in [6.45, 7) is 0. The number of anilines is 1. The lowest BCUT2D eigenvalue weighted by molar-refractivity contribution is -0.137. The van der Waals surface area contributed by atoms with Crippen LogP contribution in [0.4, 0.5) is 23.2 Å². The predicted molar refractivity (Wildman–Crippen MR) is 84.2 cm³/mol. The standard InChI is InChI=1S/C19H15F4N/c20-12-9-7-11(8-10-12)17-14-4-1-3-13(14)15-5-2-6-16(18(15)24-17)19(21,22)23/h1-3,5-10,13-14,17,24H,4H2/t13-,14-,17-/m0/s1. The number of halogens is 4. The Kier molecular flexibility index (Phi) is 3.41. The van der Waals surface area contributed by atoms with Crippen molar-refractivity contribution >= 4 is 5.69 Å². The van der Waals surface area contributed by atoms with E-state index in [0.29, 0.717) is 5.56 Å². The molecular weight excluding hydrogens is 318 g/mol. The average molecular weight is 333 g/mol. The smallest absolute Gasteiger partial charge is 0.377 e. The molecule has 0 saturated carbocycles. The van der Waals surface area contributed by atoms with Gasteiger partial charge in [0.25, 0.3) is 0 Å². The molecule has 1 aliphatic heterocycles. The summed E-state index contributed by atoms with van der Waals surface area (Å²) >= 11 is 0. The van der Waals surface area contributed by atoms with Crippen molar-refractivity contribution in [3.8, 4) is 0 Å². The van der Waals surface area contributed by atoms with Gasteiger partial charge < -0.3 is 5.32 Å². The van der Waals surface area contributed by atoms with Gasteiger partial charge in [0, 0.05) is 5.92 Å². The van der Waals surface area contributed by atoms with Gasteiger partial charge in [0.1, 0.15) is 5.82 Å². The fraction of sp³-hybridized carbons (Fsp3) is 0.263. The summed E-state index contributed by atoms with van der Waals surface area (Å²) < 4.78 is 53.4. The number of hydrogen-bond donors (Lipinski definition) is 1. The van der Waals surface area contributed by atoms with Gasteiger partial charge in [-0.15, -0.1) is 0 Å². The second kappa shape index (κ2) is 5.36. The summed E-state index contributed by atoms with van der Waals surface area (Å²) in [7, 11) is 0. The lowest BCUT2D eigenvalue weighted by atomic mass is 9.76. The molecule has 0 fully saturated rings. The Morgan fingerprint density at radius 1 is 1.00 bits per heavy atom. The highest BCUT2D eigenvalue weighted by Gasteiger charge is 2.42. The topological polar surface area (TPSA) is 12.0 Å². The Bertz CT molecular complexity index is 792. The number of hydrogen-bond acceptors (Lipinski definition) is 1. The fourth-order valence-electron chi connectivity index (χ4n) is 3.86. The highest BCUT2D eigenvalue weighted by molar-refractivity contribution is 5.65. The van der Waals surface area contributed by atoms with Crippen molar-refractivity contribution in [2.24, 2.45) is 5.92 Å². The lowest BCUT2D eigenvalue weighted by Gasteiger charge is -2.38. The van der Waals surface area contributed by atoms with Gasteiger partial charge in [0.15, 0.2) is 0 Å². The summed E-state index contributed by atoms with van der Waals surface area (Å²) in [6.07, 6.45) is 0.375. The van der Waals surface area contributed by atoms with E-state index >= 15 is 0 Å². The molecule has 124 valence electrons. The molecule has 0 aromatic heterocycles. The first-order valence-electron chi connectivity index (χ1n) is 7.84. The molecule has 5 heteroatoms. The first kappa shape index (κ1) is 15.2. The zero-order valence-corrected chi connectivity index (χ0v) is 12.6. The summed E-state index contributed by atoms with van der Waals surface area (Å²) in [6, 6.07) is 10.0. The van der Waals surface area contributed by atoms with Crippen LogP contribution >= 0.6 is 0 Å². The fourth-order valence-corrected chi connectivity index (χ4v) is 3.86. The third-order valence-electron chi connectivity index (χ3n) is 4.93. The molecule has 24 heavy (non-hydrogen) atoms. The van der Waals surface area contributed by atoms with Crippen LogP contribution in [0.5, 0.6) is 0 Å². The largest absolute Gasteiger partial charge is 0.418 e. The van der Waals surface area contributed by atoms with Crippen LogP contribution in [0.25, 0.3) is 0 Å². The number of fused-ring (bicyclic) bond motifs is 3. The van der Waals surface area contributed by atoms with Crippen molar-refractivity contribution in [3.63, 3.8) is 0 Å². The number of para-hydroxylation sites is 1. The Morgan fingerprint density at radius 2 is 1.75 bits per heavy atom. The van der Waals surface area contributed by atoms with E-state index in [1.54, 1.807) is 18.2 Å². The molecule has 2 aromatic rings. The minimum absolute atomic E-state index is 0.0568. The number of allylic oxidation sites excluding steroid dienone is 2. The number of rotatable bonds is 1. The first-order valence-corrected chi connectivity index (χ1v) is 7.84. The van der Waals surface area contributed by atoms with Gasteiger partial charge in [-0.05, 0) is 41.7 Å². The summed E-state index contributed by atoms with van der Waals surface area (Å²) in [5.41, 5.74) is 0.984. The summed E-state index contributed by atoms with van der Waals surface area (Å²) in [5, 5.41) is 3.10. The Labute approximate surface area is 137 Å². The van der Waals surface area contributed by atoms with Crippen molar-refractivity contribution in [3.05, 3.63) is 77.1 Å². The second-order valence-corrected chi connectivity index (χ2v) is 6.29. The van der Waals surface area contributed by atoms with E-state index < -0.39 is 11.7 Å². The predicted octanol–water partition coefficient (Wildman–Crippen LogP) is 5.67. The Hall–Kier alpha value is -2.30. The zero-order chi connectivity index (χ0) is 16.9. The van der Waals surface area contributed by atoms with Crippen LogP contribution in [0.3, 0.4) is 0 Å². The van der Waals surface area contributed by atoms with Gasteiger partial charge in [0.2, 0.25) is 0 Å². The van der Waals surface area contributed by atoms with Crippen molar-refractivity contribution in [2.75, 3.05) is 5.32 Å². The van der Waals surface area contributed by atoms with Crippen LogP contribution in [0.1, 0.15) is 35.1 Å². The van der Waals surface area contributed by atoms with Crippen LogP contribution in [-0.2, 0) is 6.18 Å². The lowest BCUT2D eigenvalue weighted by Crippen LogP contribution is -2.30. The van der Waals surface area contributed by atoms with Crippen LogP contribution in [-0.4, -0.2) is 0 Å². The highest BCUT2D eigenvalue weighted by atomic mass is 19.4. The minimum atomic E-state index is -4.42. The van der Waals surface area contributed by atoms with Crippen LogP contribution < -0.4 is 5.32 Å². The van der Waals surface area contributed by atoms with E-state index in [2.05, 4.69) is 5.32 Å². The maximum Gasteiger partial charge on any atom is 0.418 e. The average Bonchev–Trinajstić information content (AvgIpc) is 3.03. The molecule has 0 bridgehead atoms. The molecule has 1 heterocycles. The quantitative estimate of drug-likeness (QED) is 0.524. The van der Waals surface area contributed by atoms with E-state index in [9.17, 15) is 17.6 Å². The molecule has 0 unspecified atom stereocenters. The molecular formula is C19H15F4N. The molecule has 0 radical (unpaired) electrons. The van der Waals surface area contributed by atoms with Gasteiger partial charge in [-0.1, -0.05) is 36.4 Å². The van der Waals surface area contributed by atoms with Gasteiger partial charge in [-0.3, -0.25) is 0 Å². The summed E-state index contributed by atoms with van der Waals surface area (Å²) in [4.78, 5) is 0. The van der Waals surface area contributed by atoms with Crippen LogP contribution in [0.15, 0.2) is 54.6 Å². The molecule has 3 atom stereocenters. The van der Waals surface area contributed by atoms with Crippen LogP contribution in [0.2, 0.25) is 0 Å². The SMILES string of the molecule is Fc1ccc([C@@H]2Nc3c(cccc3C(F)(F)F)[C@H]3C=CC[C@@H]32)cc1. The molecule has 1 nitrogen and oxygen atoms in total. The van der Waals surface area contributed by atoms with Gasteiger partial charge in [-0.25, -0.2) is 4.39 Å². The van der Waals surface area contributed by atoms with Crippen molar-refractivity contribution < 1.29 is 17.6 Å². The van der Waals surface area contributed by atoms with Crippen molar-refractivity contribution in [1.29, 1.82) is 0 Å². The van der Waals surface area contributed by atoms with E-state index in [1.165, 1.54) is 18.2 Å². The number of alkyl halides is 3. The maximum atomic E-state index is 13.4. The van der Waals surface area contributed by atoms with E-state index in [4.69, 9.17) is 0 Å². The van der Waals surface area contributed by atoms with Gasteiger partial charge >= 0.3 is 6.18 Å². The Morgan fingerprint density at radius 3 is 2.46 bits per heavy atom. The van der Waals surface area contributed by atoms with Crippen molar-refractivity contribution in [2.45, 2.75) is 24.6 Å². The Balaban J connectivity index is 1.84. The monoisotopic (exact) mass is 333 g/mol. The van der Waals surface area contributed by atoms with Gasteiger partial charge in [0.05, 0.1) is 17.3 Å². The molecule has 2 aromatic carbocycles. The van der Waals surface area contributed by atoms with Crippen molar-refractivity contribution in [1.82, 2.24) is 0 Å². The molecule has 0 amide bonds. The number of nitrogens with one attached hydrogen (secondary N) is 1. The highest BCUT2D eigenvalue weighted by Crippen LogP contribution is 2.52. The minimum Gasteiger partial charge on any atom is -0.377 e. The molecule has 1 aliphatic carbocycles. The first-order chi connectivity index (χ1) is 11.4. The molecule has 1 N–H and O–H groups in total. The van der Waals surface area contributed by atoms with E-state index in [-0.39, 0.29) is 29.4 Å². The normalized spacial score (nSPS) is 25.1. The molecule has 4 rings (SSSR count). The summed E-state index contributed by atoms with van der Waals surface area (Å²) in [5.74, 6) is -0.280. The second-order valence-electron chi connectivity index (χ2n) is 6.29. The zero-order valence-electron chi connectivity index (χ0n) is 12.6. The molecule has 0 saturated heterocycles. The maximum absolute atomic E-state index is 13.4. The van der Waals surface area contributed by atoms with Crippen LogP contribution in [0, 0.1) is 11.7 Å². The third-order valence-corrected chi connectivity index (χ3v) is 4.93. The van der Waals surface area contributed by atoms with Gasteiger partial charge in [-0.2, -0.15) is 13.2 Å². The molecule has 2 aliphatic rings. The van der Waals surface area contributed by atoms with E-state index in [1.807, 2.05) is 12.2 Å².